The standard InChI is InChI=1S/C15H15NO2/c1-10-9-12(5-8-14(10)15(17)18-2)11-3-6-13(16)7-4-11/h3-9H,16H2,1-2H3. The molecule has 0 spiro atoms. The molecule has 2 rings (SSSR count). The van der Waals surface area contributed by atoms with Gasteiger partial charge in [-0.05, 0) is 41.8 Å². The molecule has 0 atom stereocenters. The van der Waals surface area contributed by atoms with Crippen LogP contribution in [-0.2, 0) is 4.74 Å². The minimum absolute atomic E-state index is 0.309. The van der Waals surface area contributed by atoms with Crippen molar-refractivity contribution in [2.45, 2.75) is 6.92 Å². The maximum Gasteiger partial charge on any atom is 0.338 e. The average Bonchev–Trinajstić information content (AvgIpc) is 2.38. The van der Waals surface area contributed by atoms with Crippen LogP contribution in [0.25, 0.3) is 11.1 Å². The molecule has 0 heterocycles. The Hall–Kier alpha value is -2.29. The number of hydrogen-bond acceptors (Lipinski definition) is 3. The molecular weight excluding hydrogens is 226 g/mol. The minimum atomic E-state index is -0.309. The van der Waals surface area contributed by atoms with Crippen LogP contribution in [-0.4, -0.2) is 13.1 Å². The largest absolute Gasteiger partial charge is 0.465 e. The van der Waals surface area contributed by atoms with Crippen molar-refractivity contribution in [3.8, 4) is 11.1 Å². The molecule has 0 radical (unpaired) electrons. The molecule has 0 unspecified atom stereocenters. The van der Waals surface area contributed by atoms with Crippen LogP contribution in [0.1, 0.15) is 15.9 Å². The van der Waals surface area contributed by atoms with Crippen molar-refractivity contribution in [1.29, 1.82) is 0 Å². The van der Waals surface area contributed by atoms with E-state index in [2.05, 4.69) is 0 Å². The van der Waals surface area contributed by atoms with Crippen molar-refractivity contribution in [3.05, 3.63) is 53.6 Å². The summed E-state index contributed by atoms with van der Waals surface area (Å²) in [6.45, 7) is 1.90. The highest BCUT2D eigenvalue weighted by molar-refractivity contribution is 5.91. The number of aryl methyl sites for hydroxylation is 1. The zero-order chi connectivity index (χ0) is 13.1. The van der Waals surface area contributed by atoms with E-state index in [1.807, 2.05) is 43.3 Å². The summed E-state index contributed by atoms with van der Waals surface area (Å²) >= 11 is 0. The summed E-state index contributed by atoms with van der Waals surface area (Å²) in [5.74, 6) is -0.309. The van der Waals surface area contributed by atoms with E-state index in [1.54, 1.807) is 6.07 Å². The summed E-state index contributed by atoms with van der Waals surface area (Å²) in [6, 6.07) is 13.3. The Bertz CT molecular complexity index is 574. The number of nitrogens with two attached hydrogens (primary N) is 1. The predicted octanol–water partition coefficient (Wildman–Crippen LogP) is 3.03. The zero-order valence-electron chi connectivity index (χ0n) is 10.4. The van der Waals surface area contributed by atoms with E-state index in [1.165, 1.54) is 7.11 Å². The van der Waals surface area contributed by atoms with Gasteiger partial charge in [0.05, 0.1) is 12.7 Å². The molecule has 2 aromatic rings. The first kappa shape index (κ1) is 12.2. The van der Waals surface area contributed by atoms with E-state index in [0.29, 0.717) is 5.56 Å². The number of carbonyl (C=O) groups excluding carboxylic acids is 1. The summed E-state index contributed by atoms with van der Waals surface area (Å²) in [4.78, 5) is 11.5. The monoisotopic (exact) mass is 241 g/mol. The first-order valence-corrected chi connectivity index (χ1v) is 5.66. The smallest absolute Gasteiger partial charge is 0.338 e. The van der Waals surface area contributed by atoms with Crippen LogP contribution in [0.2, 0.25) is 0 Å². The molecule has 0 aromatic heterocycles. The van der Waals surface area contributed by atoms with Gasteiger partial charge < -0.3 is 10.5 Å². The predicted molar refractivity (Wildman–Crippen MR) is 72.4 cm³/mol. The number of methoxy groups -OCH3 is 1. The Morgan fingerprint density at radius 2 is 1.67 bits per heavy atom. The Morgan fingerprint density at radius 3 is 2.22 bits per heavy atom. The average molecular weight is 241 g/mol. The summed E-state index contributed by atoms with van der Waals surface area (Å²) < 4.78 is 4.72. The van der Waals surface area contributed by atoms with Gasteiger partial charge in [0.1, 0.15) is 0 Å². The summed E-state index contributed by atoms with van der Waals surface area (Å²) in [5, 5.41) is 0. The van der Waals surface area contributed by atoms with Gasteiger partial charge in [0, 0.05) is 5.69 Å². The third kappa shape index (κ3) is 2.35. The second kappa shape index (κ2) is 4.92. The fourth-order valence-corrected chi connectivity index (χ4v) is 1.86. The summed E-state index contributed by atoms with van der Waals surface area (Å²) in [6.07, 6.45) is 0. The van der Waals surface area contributed by atoms with Crippen LogP contribution in [0, 0.1) is 6.92 Å². The van der Waals surface area contributed by atoms with E-state index >= 15 is 0 Å². The lowest BCUT2D eigenvalue weighted by atomic mass is 10.00. The topological polar surface area (TPSA) is 52.3 Å². The van der Waals surface area contributed by atoms with Gasteiger partial charge in [-0.3, -0.25) is 0 Å². The lowest BCUT2D eigenvalue weighted by molar-refractivity contribution is 0.0600. The van der Waals surface area contributed by atoms with Crippen molar-refractivity contribution >= 4 is 11.7 Å². The quantitative estimate of drug-likeness (QED) is 0.649. The van der Waals surface area contributed by atoms with Crippen molar-refractivity contribution in [3.63, 3.8) is 0 Å². The number of nitrogen functional groups attached to an aromatic ring is 1. The Labute approximate surface area is 106 Å². The molecule has 3 nitrogen and oxygen atoms in total. The fraction of sp³-hybridized carbons (Fsp3) is 0.133. The molecule has 2 N–H and O–H groups in total. The van der Waals surface area contributed by atoms with Gasteiger partial charge in [-0.2, -0.15) is 0 Å². The molecule has 0 saturated heterocycles. The highest BCUT2D eigenvalue weighted by atomic mass is 16.5. The molecule has 0 amide bonds. The highest BCUT2D eigenvalue weighted by Crippen LogP contribution is 2.23. The van der Waals surface area contributed by atoms with Gasteiger partial charge in [0.25, 0.3) is 0 Å². The number of carbonyl (C=O) groups is 1. The van der Waals surface area contributed by atoms with Gasteiger partial charge in [-0.15, -0.1) is 0 Å². The number of hydrogen-bond donors (Lipinski definition) is 1. The first-order chi connectivity index (χ1) is 8.61. The lowest BCUT2D eigenvalue weighted by Crippen LogP contribution is -2.03. The Kier molecular flexibility index (Phi) is 3.33. The summed E-state index contributed by atoms with van der Waals surface area (Å²) in [5.41, 5.74) is 10.0. The third-order valence-corrected chi connectivity index (χ3v) is 2.88. The van der Waals surface area contributed by atoms with Crippen LogP contribution >= 0.6 is 0 Å². The normalized spacial score (nSPS) is 10.1. The van der Waals surface area contributed by atoms with E-state index in [9.17, 15) is 4.79 Å². The first-order valence-electron chi connectivity index (χ1n) is 5.66. The highest BCUT2D eigenvalue weighted by Gasteiger charge is 2.09. The van der Waals surface area contributed by atoms with Crippen LogP contribution in [0.4, 0.5) is 5.69 Å². The molecule has 0 saturated carbocycles. The summed E-state index contributed by atoms with van der Waals surface area (Å²) in [7, 11) is 1.38. The van der Waals surface area contributed by atoms with Crippen LogP contribution in [0.15, 0.2) is 42.5 Å². The van der Waals surface area contributed by atoms with E-state index in [0.717, 1.165) is 22.4 Å². The fourth-order valence-electron chi connectivity index (χ4n) is 1.86. The van der Waals surface area contributed by atoms with E-state index < -0.39 is 0 Å². The van der Waals surface area contributed by atoms with Crippen molar-refractivity contribution < 1.29 is 9.53 Å². The number of ether oxygens (including phenoxy) is 1. The van der Waals surface area contributed by atoms with Crippen LogP contribution in [0.3, 0.4) is 0 Å². The maximum atomic E-state index is 11.5. The molecule has 0 fully saturated rings. The van der Waals surface area contributed by atoms with Crippen LogP contribution in [0.5, 0.6) is 0 Å². The molecule has 0 bridgehead atoms. The minimum Gasteiger partial charge on any atom is -0.465 e. The van der Waals surface area contributed by atoms with E-state index in [4.69, 9.17) is 10.5 Å². The third-order valence-electron chi connectivity index (χ3n) is 2.88. The van der Waals surface area contributed by atoms with Gasteiger partial charge in [-0.1, -0.05) is 24.3 Å². The number of anilines is 1. The molecule has 3 heteroatoms. The van der Waals surface area contributed by atoms with Crippen molar-refractivity contribution in [2.24, 2.45) is 0 Å². The second-order valence-electron chi connectivity index (χ2n) is 4.14. The molecule has 0 aliphatic heterocycles. The SMILES string of the molecule is COC(=O)c1ccc(-c2ccc(N)cc2)cc1C. The van der Waals surface area contributed by atoms with E-state index in [-0.39, 0.29) is 5.97 Å². The van der Waals surface area contributed by atoms with Gasteiger partial charge in [0.2, 0.25) is 0 Å². The Balaban J connectivity index is 2.40. The number of esters is 1. The van der Waals surface area contributed by atoms with Crippen molar-refractivity contribution in [1.82, 2.24) is 0 Å². The molecule has 0 aliphatic rings. The Morgan fingerprint density at radius 1 is 1.06 bits per heavy atom. The maximum absolute atomic E-state index is 11.5. The number of rotatable bonds is 2. The molecule has 92 valence electrons. The second-order valence-corrected chi connectivity index (χ2v) is 4.14. The van der Waals surface area contributed by atoms with Gasteiger partial charge in [0.15, 0.2) is 0 Å². The van der Waals surface area contributed by atoms with Crippen molar-refractivity contribution in [2.75, 3.05) is 12.8 Å². The molecule has 18 heavy (non-hydrogen) atoms. The lowest BCUT2D eigenvalue weighted by Gasteiger charge is -2.07. The molecule has 0 aliphatic carbocycles. The zero-order valence-corrected chi connectivity index (χ0v) is 10.4. The molecular formula is C15H15NO2. The molecule has 2 aromatic carbocycles. The van der Waals surface area contributed by atoms with Gasteiger partial charge in [-0.25, -0.2) is 4.79 Å². The van der Waals surface area contributed by atoms with Crippen LogP contribution < -0.4 is 5.73 Å². The number of benzene rings is 2. The van der Waals surface area contributed by atoms with Gasteiger partial charge >= 0.3 is 5.97 Å².